The Morgan fingerprint density at radius 1 is 0.949 bits per heavy atom. The lowest BCUT2D eigenvalue weighted by Gasteiger charge is -2.16. The van der Waals surface area contributed by atoms with E-state index < -0.39 is 21.4 Å². The molecule has 4 heterocycles. The average molecular weight is 551 g/mol. The maximum absolute atomic E-state index is 13.3. The Bertz CT molecular complexity index is 1740. The van der Waals surface area contributed by atoms with Crippen LogP contribution in [0.2, 0.25) is 0 Å². The first kappa shape index (κ1) is 26.0. The minimum atomic E-state index is -3.95. The minimum Gasteiger partial charge on any atom is -0.494 e. The molecule has 0 atom stereocenters. The molecule has 0 aliphatic carbocycles. The van der Waals surface area contributed by atoms with Crippen molar-refractivity contribution in [1.29, 1.82) is 0 Å². The zero-order valence-electron chi connectivity index (χ0n) is 21.2. The van der Waals surface area contributed by atoms with Crippen LogP contribution < -0.4 is 14.2 Å². The number of hydrogen-bond donors (Lipinski definition) is 0. The van der Waals surface area contributed by atoms with Gasteiger partial charge >= 0.3 is 0 Å². The van der Waals surface area contributed by atoms with E-state index in [1.807, 2.05) is 6.92 Å². The fourth-order valence-electron chi connectivity index (χ4n) is 4.03. The summed E-state index contributed by atoms with van der Waals surface area (Å²) in [6.45, 7) is 2.29. The van der Waals surface area contributed by atoms with E-state index in [1.54, 1.807) is 47.0 Å². The van der Waals surface area contributed by atoms with Gasteiger partial charge in [-0.15, -0.1) is 5.10 Å². The molecule has 13 heteroatoms. The summed E-state index contributed by atoms with van der Waals surface area (Å²) in [5, 5.41) is 8.03. The molecule has 5 rings (SSSR count). The number of nitrogens with zero attached hydrogens (tertiary/aromatic N) is 6. The molecule has 0 amide bonds. The topological polar surface area (TPSA) is 131 Å². The van der Waals surface area contributed by atoms with Gasteiger partial charge in [0.15, 0.2) is 10.9 Å². The predicted molar refractivity (Wildman–Crippen MR) is 139 cm³/mol. The van der Waals surface area contributed by atoms with Crippen LogP contribution in [0.3, 0.4) is 0 Å². The highest BCUT2D eigenvalue weighted by molar-refractivity contribution is 7.90. The number of fused-ring (bicyclic) bond motifs is 1. The summed E-state index contributed by atoms with van der Waals surface area (Å²) in [6, 6.07) is 14.3. The Balaban J connectivity index is 1.73. The second-order valence-corrected chi connectivity index (χ2v) is 10.1. The second kappa shape index (κ2) is 10.6. The Morgan fingerprint density at radius 3 is 2.36 bits per heavy atom. The average Bonchev–Trinajstić information content (AvgIpc) is 3.31. The molecule has 39 heavy (non-hydrogen) atoms. The Labute approximate surface area is 223 Å². The molecule has 0 bridgehead atoms. The summed E-state index contributed by atoms with van der Waals surface area (Å²) < 4.78 is 57.9. The molecule has 0 unspecified atom stereocenters. The van der Waals surface area contributed by atoms with Gasteiger partial charge in [0.1, 0.15) is 34.5 Å². The molecule has 5 aromatic rings. The SMILES string of the molecule is CCOc1cccc(-c2nc3nnc(CS(=O)(=O)c4ccc(F)cn4)cc3n2-c2c(OC)cccc2OC)n1. The first-order valence-corrected chi connectivity index (χ1v) is 13.4. The fourth-order valence-corrected chi connectivity index (χ4v) is 5.19. The Kier molecular flexibility index (Phi) is 7.07. The van der Waals surface area contributed by atoms with Gasteiger partial charge in [0.05, 0.1) is 38.2 Å². The van der Waals surface area contributed by atoms with Crippen molar-refractivity contribution in [3.05, 3.63) is 72.3 Å². The summed E-state index contributed by atoms with van der Waals surface area (Å²) in [4.78, 5) is 13.0. The molecular weight excluding hydrogens is 527 g/mol. The maximum atomic E-state index is 13.3. The zero-order chi connectivity index (χ0) is 27.6. The van der Waals surface area contributed by atoms with E-state index in [1.165, 1.54) is 14.2 Å². The number of hydrogen-bond acceptors (Lipinski definition) is 10. The van der Waals surface area contributed by atoms with E-state index in [0.717, 1.165) is 18.3 Å². The summed E-state index contributed by atoms with van der Waals surface area (Å²) in [5.41, 5.74) is 1.78. The van der Waals surface area contributed by atoms with Crippen LogP contribution in [-0.2, 0) is 15.6 Å². The lowest BCUT2D eigenvalue weighted by molar-refractivity contribution is 0.327. The predicted octanol–water partition coefficient (Wildman–Crippen LogP) is 3.80. The molecule has 0 aliphatic rings. The standard InChI is InChI=1S/C26H23FN6O5S/c1-4-38-22-10-5-7-18(29-22)26-30-25-19(33(26)24-20(36-2)8-6-9-21(24)37-3)13-17(31-32-25)15-39(34,35)23-12-11-16(27)14-28-23/h5-14H,4,15H2,1-3H3. The molecule has 0 spiro atoms. The van der Waals surface area contributed by atoms with Crippen LogP contribution in [0.4, 0.5) is 4.39 Å². The first-order valence-electron chi connectivity index (χ1n) is 11.8. The van der Waals surface area contributed by atoms with E-state index in [4.69, 9.17) is 14.2 Å². The van der Waals surface area contributed by atoms with Crippen LogP contribution in [0.5, 0.6) is 17.4 Å². The largest absolute Gasteiger partial charge is 0.494 e. The molecule has 0 radical (unpaired) electrons. The van der Waals surface area contributed by atoms with E-state index in [2.05, 4.69) is 25.1 Å². The summed E-state index contributed by atoms with van der Waals surface area (Å²) in [5.74, 6) is 0.569. The number of aromatic nitrogens is 6. The number of methoxy groups -OCH3 is 2. The van der Waals surface area contributed by atoms with Gasteiger partial charge in [-0.05, 0) is 43.3 Å². The van der Waals surface area contributed by atoms with Crippen LogP contribution in [0.15, 0.2) is 65.8 Å². The zero-order valence-corrected chi connectivity index (χ0v) is 22.0. The van der Waals surface area contributed by atoms with Crippen LogP contribution in [-0.4, -0.2) is 59.0 Å². The van der Waals surface area contributed by atoms with Crippen LogP contribution >= 0.6 is 0 Å². The lowest BCUT2D eigenvalue weighted by Crippen LogP contribution is -2.09. The Hall–Kier alpha value is -4.65. The van der Waals surface area contributed by atoms with Crippen molar-refractivity contribution < 1.29 is 27.0 Å². The van der Waals surface area contributed by atoms with Crippen molar-refractivity contribution in [2.45, 2.75) is 17.7 Å². The number of sulfone groups is 1. The van der Waals surface area contributed by atoms with Crippen LogP contribution in [0, 0.1) is 5.82 Å². The molecule has 0 aliphatic heterocycles. The number of ether oxygens (including phenoxy) is 3. The highest BCUT2D eigenvalue weighted by Gasteiger charge is 2.25. The number of benzene rings is 1. The lowest BCUT2D eigenvalue weighted by atomic mass is 10.2. The van der Waals surface area contributed by atoms with Crippen molar-refractivity contribution >= 4 is 21.0 Å². The molecular formula is C26H23FN6O5S. The van der Waals surface area contributed by atoms with Crippen LogP contribution in [0.1, 0.15) is 12.6 Å². The van der Waals surface area contributed by atoms with Gasteiger partial charge < -0.3 is 14.2 Å². The monoisotopic (exact) mass is 550 g/mol. The van der Waals surface area contributed by atoms with E-state index >= 15 is 0 Å². The number of rotatable bonds is 9. The number of para-hydroxylation sites is 1. The molecule has 200 valence electrons. The third-order valence-electron chi connectivity index (χ3n) is 5.70. The molecule has 0 N–H and O–H groups in total. The fraction of sp³-hybridized carbons (Fsp3) is 0.192. The number of imidazole rings is 1. The molecule has 4 aromatic heterocycles. The molecule has 0 fully saturated rings. The summed E-state index contributed by atoms with van der Waals surface area (Å²) in [6.07, 6.45) is 0.848. The third-order valence-corrected chi connectivity index (χ3v) is 7.25. The third kappa shape index (κ3) is 5.08. The number of halogens is 1. The molecule has 11 nitrogen and oxygen atoms in total. The maximum Gasteiger partial charge on any atom is 0.213 e. The van der Waals surface area contributed by atoms with Crippen molar-refractivity contribution in [3.8, 4) is 34.6 Å². The molecule has 1 aromatic carbocycles. The first-order chi connectivity index (χ1) is 18.8. The van der Waals surface area contributed by atoms with E-state index in [0.29, 0.717) is 46.7 Å². The van der Waals surface area contributed by atoms with Gasteiger partial charge in [-0.3, -0.25) is 4.57 Å². The smallest absolute Gasteiger partial charge is 0.213 e. The molecule has 0 saturated heterocycles. The van der Waals surface area contributed by atoms with Crippen molar-refractivity contribution in [2.75, 3.05) is 20.8 Å². The van der Waals surface area contributed by atoms with Crippen molar-refractivity contribution in [2.24, 2.45) is 0 Å². The highest BCUT2D eigenvalue weighted by Crippen LogP contribution is 2.38. The minimum absolute atomic E-state index is 0.131. The van der Waals surface area contributed by atoms with E-state index in [9.17, 15) is 12.8 Å². The van der Waals surface area contributed by atoms with Crippen molar-refractivity contribution in [1.82, 2.24) is 29.7 Å². The normalized spacial score (nSPS) is 11.5. The highest BCUT2D eigenvalue weighted by atomic mass is 32.2. The van der Waals surface area contributed by atoms with Crippen LogP contribution in [0.25, 0.3) is 28.4 Å². The summed E-state index contributed by atoms with van der Waals surface area (Å²) >= 11 is 0. The second-order valence-electron chi connectivity index (χ2n) is 8.19. The molecule has 0 saturated carbocycles. The summed E-state index contributed by atoms with van der Waals surface area (Å²) in [7, 11) is -0.895. The van der Waals surface area contributed by atoms with Gasteiger partial charge in [0.2, 0.25) is 21.4 Å². The van der Waals surface area contributed by atoms with Crippen molar-refractivity contribution in [3.63, 3.8) is 0 Å². The van der Waals surface area contributed by atoms with Gasteiger partial charge in [-0.25, -0.2) is 27.8 Å². The van der Waals surface area contributed by atoms with Gasteiger partial charge in [0, 0.05) is 6.07 Å². The quantitative estimate of drug-likeness (QED) is 0.267. The Morgan fingerprint density at radius 2 is 1.69 bits per heavy atom. The van der Waals surface area contributed by atoms with Gasteiger partial charge in [-0.1, -0.05) is 12.1 Å². The van der Waals surface area contributed by atoms with Gasteiger partial charge in [0.25, 0.3) is 0 Å². The van der Waals surface area contributed by atoms with Gasteiger partial charge in [-0.2, -0.15) is 5.10 Å². The number of pyridine rings is 2. The van der Waals surface area contributed by atoms with E-state index in [-0.39, 0.29) is 16.4 Å².